The molecule has 2 rings (SSSR count). The van der Waals surface area contributed by atoms with Crippen LogP contribution in [0.4, 0.5) is 0 Å². The number of hydrogen-bond donors (Lipinski definition) is 0. The Morgan fingerprint density at radius 1 is 0.889 bits per heavy atom. The van der Waals surface area contributed by atoms with Crippen LogP contribution in [-0.2, 0) is 0 Å². The van der Waals surface area contributed by atoms with E-state index in [0.717, 1.165) is 17.9 Å². The summed E-state index contributed by atoms with van der Waals surface area (Å²) in [5.74, 6) is 3.77. The molecule has 98 valence electrons. The Kier molecular flexibility index (Phi) is 4.29. The topological polar surface area (TPSA) is 26.3 Å². The summed E-state index contributed by atoms with van der Waals surface area (Å²) in [6.07, 6.45) is 5.84. The minimum absolute atomic E-state index is 0.476. The summed E-state index contributed by atoms with van der Waals surface area (Å²) in [7, 11) is 0. The summed E-state index contributed by atoms with van der Waals surface area (Å²) in [4.78, 5) is 0. The largest absolute Gasteiger partial charge is 0.469 e. The van der Waals surface area contributed by atoms with E-state index >= 15 is 0 Å². The summed E-state index contributed by atoms with van der Waals surface area (Å²) in [6.45, 7) is 6.76. The Morgan fingerprint density at radius 2 is 1.50 bits per heavy atom. The minimum Gasteiger partial charge on any atom is -0.469 e. The van der Waals surface area contributed by atoms with E-state index in [0.29, 0.717) is 17.8 Å². The molecule has 2 aromatic rings. The van der Waals surface area contributed by atoms with Gasteiger partial charge in [0.15, 0.2) is 0 Å². The van der Waals surface area contributed by atoms with E-state index in [1.54, 1.807) is 12.5 Å². The standard InChI is InChI=1S/C16H22O2/c1-12(14(3)16-7-5-11-18-16)8-9-13(2)15-6-4-10-17-15/h4-7,10-14H,8-9H2,1-3H3. The van der Waals surface area contributed by atoms with E-state index in [2.05, 4.69) is 32.9 Å². The van der Waals surface area contributed by atoms with Gasteiger partial charge < -0.3 is 8.83 Å². The molecule has 2 heteroatoms. The lowest BCUT2D eigenvalue weighted by atomic mass is 9.87. The molecule has 0 saturated carbocycles. The molecular weight excluding hydrogens is 224 g/mol. The van der Waals surface area contributed by atoms with Crippen molar-refractivity contribution >= 4 is 0 Å². The lowest BCUT2D eigenvalue weighted by Gasteiger charge is -2.19. The fourth-order valence-electron chi connectivity index (χ4n) is 2.31. The van der Waals surface area contributed by atoms with Crippen molar-refractivity contribution in [3.8, 4) is 0 Å². The van der Waals surface area contributed by atoms with Crippen molar-refractivity contribution in [1.29, 1.82) is 0 Å². The number of furan rings is 2. The maximum atomic E-state index is 5.48. The smallest absolute Gasteiger partial charge is 0.106 e. The highest BCUT2D eigenvalue weighted by Crippen LogP contribution is 2.31. The molecule has 0 aliphatic rings. The van der Waals surface area contributed by atoms with Gasteiger partial charge >= 0.3 is 0 Å². The van der Waals surface area contributed by atoms with E-state index in [1.807, 2.05) is 12.1 Å². The summed E-state index contributed by atoms with van der Waals surface area (Å²) < 4.78 is 10.9. The summed E-state index contributed by atoms with van der Waals surface area (Å²) in [6, 6.07) is 8.05. The monoisotopic (exact) mass is 246 g/mol. The molecular formula is C16H22O2. The van der Waals surface area contributed by atoms with Crippen molar-refractivity contribution in [2.75, 3.05) is 0 Å². The van der Waals surface area contributed by atoms with Crippen LogP contribution >= 0.6 is 0 Å². The fourth-order valence-corrected chi connectivity index (χ4v) is 2.31. The molecule has 0 fully saturated rings. The van der Waals surface area contributed by atoms with Crippen LogP contribution in [0, 0.1) is 5.92 Å². The van der Waals surface area contributed by atoms with Gasteiger partial charge in [-0.1, -0.05) is 20.8 Å². The van der Waals surface area contributed by atoms with Crippen LogP contribution in [0.3, 0.4) is 0 Å². The average Bonchev–Trinajstić information content (AvgIpc) is 3.05. The zero-order valence-electron chi connectivity index (χ0n) is 11.4. The van der Waals surface area contributed by atoms with Crippen molar-refractivity contribution < 1.29 is 8.83 Å². The first-order chi connectivity index (χ1) is 8.68. The fraction of sp³-hybridized carbons (Fsp3) is 0.500. The van der Waals surface area contributed by atoms with Crippen LogP contribution in [-0.4, -0.2) is 0 Å². The Labute approximate surface area is 109 Å². The lowest BCUT2D eigenvalue weighted by Crippen LogP contribution is -2.07. The molecule has 2 aromatic heterocycles. The van der Waals surface area contributed by atoms with Crippen LogP contribution in [0.2, 0.25) is 0 Å². The summed E-state index contributed by atoms with van der Waals surface area (Å²) in [5.41, 5.74) is 0. The van der Waals surface area contributed by atoms with Gasteiger partial charge in [0, 0.05) is 11.8 Å². The normalized spacial score (nSPS) is 16.4. The molecule has 2 nitrogen and oxygen atoms in total. The second kappa shape index (κ2) is 5.94. The van der Waals surface area contributed by atoms with E-state index < -0.39 is 0 Å². The molecule has 0 spiro atoms. The quantitative estimate of drug-likeness (QED) is 0.700. The first kappa shape index (κ1) is 13.0. The van der Waals surface area contributed by atoms with Gasteiger partial charge in [0.1, 0.15) is 11.5 Å². The zero-order chi connectivity index (χ0) is 13.0. The van der Waals surface area contributed by atoms with Gasteiger partial charge in [0.25, 0.3) is 0 Å². The molecule has 2 heterocycles. The SMILES string of the molecule is CC(CCC(C)C(C)c1ccco1)c1ccco1. The number of hydrogen-bond acceptors (Lipinski definition) is 2. The highest BCUT2D eigenvalue weighted by atomic mass is 16.3. The maximum absolute atomic E-state index is 5.48. The highest BCUT2D eigenvalue weighted by Gasteiger charge is 2.18. The Balaban J connectivity index is 1.83. The van der Waals surface area contributed by atoms with Crippen LogP contribution in [0.1, 0.15) is 57.0 Å². The van der Waals surface area contributed by atoms with Gasteiger partial charge in [-0.2, -0.15) is 0 Å². The predicted molar refractivity (Wildman–Crippen MR) is 72.6 cm³/mol. The molecule has 0 radical (unpaired) electrons. The van der Waals surface area contributed by atoms with Crippen molar-refractivity contribution in [2.24, 2.45) is 5.92 Å². The first-order valence-corrected chi connectivity index (χ1v) is 6.75. The molecule has 3 atom stereocenters. The van der Waals surface area contributed by atoms with E-state index in [4.69, 9.17) is 8.83 Å². The predicted octanol–water partition coefficient (Wildman–Crippen LogP) is 5.20. The van der Waals surface area contributed by atoms with Crippen LogP contribution in [0.5, 0.6) is 0 Å². The molecule has 18 heavy (non-hydrogen) atoms. The number of rotatable bonds is 6. The third-order valence-electron chi connectivity index (χ3n) is 3.93. The second-order valence-corrected chi connectivity index (χ2v) is 5.28. The van der Waals surface area contributed by atoms with Gasteiger partial charge in [0.2, 0.25) is 0 Å². The van der Waals surface area contributed by atoms with Crippen LogP contribution in [0.15, 0.2) is 45.6 Å². The third-order valence-corrected chi connectivity index (χ3v) is 3.93. The molecule has 0 aliphatic carbocycles. The van der Waals surface area contributed by atoms with E-state index in [9.17, 15) is 0 Å². The first-order valence-electron chi connectivity index (χ1n) is 6.75. The third kappa shape index (κ3) is 3.06. The van der Waals surface area contributed by atoms with Crippen molar-refractivity contribution in [3.05, 3.63) is 48.3 Å². The zero-order valence-corrected chi connectivity index (χ0v) is 11.4. The van der Waals surface area contributed by atoms with Gasteiger partial charge in [-0.25, -0.2) is 0 Å². The summed E-state index contributed by atoms with van der Waals surface area (Å²) >= 11 is 0. The molecule has 0 saturated heterocycles. The molecule has 0 amide bonds. The van der Waals surface area contributed by atoms with E-state index in [-0.39, 0.29) is 0 Å². The van der Waals surface area contributed by atoms with Crippen molar-refractivity contribution in [3.63, 3.8) is 0 Å². The summed E-state index contributed by atoms with van der Waals surface area (Å²) in [5, 5.41) is 0. The van der Waals surface area contributed by atoms with Gasteiger partial charge in [-0.3, -0.25) is 0 Å². The average molecular weight is 246 g/mol. The molecule has 0 aromatic carbocycles. The van der Waals surface area contributed by atoms with Crippen molar-refractivity contribution in [2.45, 2.75) is 45.4 Å². The molecule has 0 bridgehead atoms. The molecule has 3 unspecified atom stereocenters. The van der Waals surface area contributed by atoms with E-state index in [1.165, 1.54) is 6.42 Å². The molecule has 0 N–H and O–H groups in total. The Morgan fingerprint density at radius 3 is 2.06 bits per heavy atom. The van der Waals surface area contributed by atoms with Crippen molar-refractivity contribution in [1.82, 2.24) is 0 Å². The highest BCUT2D eigenvalue weighted by molar-refractivity contribution is 5.06. The Hall–Kier alpha value is -1.44. The van der Waals surface area contributed by atoms with Gasteiger partial charge in [0.05, 0.1) is 12.5 Å². The Bertz CT molecular complexity index is 428. The van der Waals surface area contributed by atoms with Gasteiger partial charge in [-0.15, -0.1) is 0 Å². The lowest BCUT2D eigenvalue weighted by molar-refractivity contribution is 0.355. The van der Waals surface area contributed by atoms with Gasteiger partial charge in [-0.05, 0) is 43.0 Å². The second-order valence-electron chi connectivity index (χ2n) is 5.28. The maximum Gasteiger partial charge on any atom is 0.106 e. The van der Waals surface area contributed by atoms with Crippen LogP contribution < -0.4 is 0 Å². The minimum atomic E-state index is 0.476. The van der Waals surface area contributed by atoms with Crippen LogP contribution in [0.25, 0.3) is 0 Å². The molecule has 0 aliphatic heterocycles.